The van der Waals surface area contributed by atoms with Crippen molar-refractivity contribution in [3.63, 3.8) is 0 Å². The number of benzene rings is 3. The molecule has 0 fully saturated rings. The lowest BCUT2D eigenvalue weighted by Crippen LogP contribution is -2.15. The Bertz CT molecular complexity index is 1170. The van der Waals surface area contributed by atoms with Gasteiger partial charge in [0.05, 0.1) is 24.8 Å². The monoisotopic (exact) mass is 453 g/mol. The summed E-state index contributed by atoms with van der Waals surface area (Å²) in [6.07, 6.45) is -0.192. The molecule has 0 saturated carbocycles. The van der Waals surface area contributed by atoms with Gasteiger partial charge in [-0.15, -0.1) is 0 Å². The zero-order chi connectivity index (χ0) is 21.9. The summed E-state index contributed by atoms with van der Waals surface area (Å²) in [4.78, 5) is -0.0712. The van der Waals surface area contributed by atoms with Gasteiger partial charge in [0.15, 0.2) is 11.5 Å². The molecule has 0 saturated heterocycles. The van der Waals surface area contributed by atoms with Crippen molar-refractivity contribution in [3.05, 3.63) is 82.4 Å². The van der Waals surface area contributed by atoms with Gasteiger partial charge < -0.3 is 9.47 Å². The molecule has 0 atom stereocenters. The molecule has 0 heterocycles. The summed E-state index contributed by atoms with van der Waals surface area (Å²) in [6, 6.07) is 12.0. The van der Waals surface area contributed by atoms with Crippen molar-refractivity contribution in [2.75, 3.05) is 18.9 Å². The van der Waals surface area contributed by atoms with Gasteiger partial charge in [0.25, 0.3) is 10.0 Å². The highest BCUT2D eigenvalue weighted by Crippen LogP contribution is 2.32. The minimum atomic E-state index is -4.03. The van der Waals surface area contributed by atoms with E-state index in [2.05, 4.69) is 4.72 Å². The first-order chi connectivity index (χ1) is 14.2. The molecule has 1 N–H and O–H groups in total. The van der Waals surface area contributed by atoms with Gasteiger partial charge >= 0.3 is 0 Å². The van der Waals surface area contributed by atoms with Crippen LogP contribution in [0.3, 0.4) is 0 Å². The van der Waals surface area contributed by atoms with Gasteiger partial charge in [0.1, 0.15) is 11.6 Å². The Balaban J connectivity index is 1.99. The number of anilines is 1. The van der Waals surface area contributed by atoms with E-state index in [9.17, 15) is 17.2 Å². The molecule has 0 unspecified atom stereocenters. The second-order valence-corrected chi connectivity index (χ2v) is 8.42. The van der Waals surface area contributed by atoms with Crippen LogP contribution >= 0.6 is 11.6 Å². The van der Waals surface area contributed by atoms with E-state index < -0.39 is 21.7 Å². The van der Waals surface area contributed by atoms with Gasteiger partial charge in [0, 0.05) is 23.1 Å². The molecule has 158 valence electrons. The van der Waals surface area contributed by atoms with Crippen LogP contribution in [0.1, 0.15) is 11.1 Å². The van der Waals surface area contributed by atoms with Crippen LogP contribution in [-0.2, 0) is 16.4 Å². The molecule has 0 amide bonds. The lowest BCUT2D eigenvalue weighted by atomic mass is 10.0. The molecule has 9 heteroatoms. The highest BCUT2D eigenvalue weighted by atomic mass is 35.5. The van der Waals surface area contributed by atoms with Crippen molar-refractivity contribution in [3.8, 4) is 11.5 Å². The summed E-state index contributed by atoms with van der Waals surface area (Å²) in [5.41, 5.74) is 0.277. The SMILES string of the molecule is COc1ccc(S(=O)(=O)Nc2ccc(Cl)cc2Cc2c(F)cccc2F)cc1OC. The average Bonchev–Trinajstić information content (AvgIpc) is 2.72. The van der Waals surface area contributed by atoms with E-state index in [4.69, 9.17) is 21.1 Å². The first-order valence-corrected chi connectivity index (χ1v) is 10.6. The van der Waals surface area contributed by atoms with Gasteiger partial charge in [-0.25, -0.2) is 17.2 Å². The maximum absolute atomic E-state index is 14.1. The van der Waals surface area contributed by atoms with Crippen molar-refractivity contribution < 1.29 is 26.7 Å². The fourth-order valence-corrected chi connectivity index (χ4v) is 4.20. The van der Waals surface area contributed by atoms with Crippen molar-refractivity contribution in [2.45, 2.75) is 11.3 Å². The first kappa shape index (κ1) is 21.9. The maximum atomic E-state index is 14.1. The van der Waals surface area contributed by atoms with Crippen LogP contribution in [0.15, 0.2) is 59.5 Å². The molecule has 0 aliphatic rings. The van der Waals surface area contributed by atoms with E-state index in [1.165, 1.54) is 56.7 Å². The second kappa shape index (κ2) is 8.89. The highest BCUT2D eigenvalue weighted by molar-refractivity contribution is 7.92. The molecule has 0 aliphatic heterocycles. The number of sulfonamides is 1. The molecule has 3 aromatic rings. The number of hydrogen-bond acceptors (Lipinski definition) is 4. The lowest BCUT2D eigenvalue weighted by molar-refractivity contribution is 0.354. The predicted molar refractivity (Wildman–Crippen MR) is 111 cm³/mol. The van der Waals surface area contributed by atoms with Crippen LogP contribution in [0, 0.1) is 11.6 Å². The molecular formula is C21H18ClF2NO4S. The zero-order valence-corrected chi connectivity index (χ0v) is 17.7. The molecule has 3 aromatic carbocycles. The molecule has 5 nitrogen and oxygen atoms in total. The van der Waals surface area contributed by atoms with Crippen LogP contribution in [0.25, 0.3) is 0 Å². The number of methoxy groups -OCH3 is 2. The van der Waals surface area contributed by atoms with E-state index >= 15 is 0 Å². The van der Waals surface area contributed by atoms with Crippen LogP contribution in [0.5, 0.6) is 11.5 Å². The van der Waals surface area contributed by atoms with Crippen LogP contribution in [0.2, 0.25) is 5.02 Å². The summed E-state index contributed by atoms with van der Waals surface area (Å²) in [7, 11) is -1.21. The second-order valence-electron chi connectivity index (χ2n) is 6.30. The largest absolute Gasteiger partial charge is 0.493 e. The fourth-order valence-electron chi connectivity index (χ4n) is 2.89. The van der Waals surface area contributed by atoms with Gasteiger partial charge in [-0.2, -0.15) is 0 Å². The topological polar surface area (TPSA) is 64.6 Å². The molecule has 0 bridgehead atoms. The Hall–Kier alpha value is -2.84. The minimum absolute atomic E-state index is 0.0712. The number of nitrogens with one attached hydrogen (secondary N) is 1. The minimum Gasteiger partial charge on any atom is -0.493 e. The number of hydrogen-bond donors (Lipinski definition) is 1. The van der Waals surface area contributed by atoms with Crippen LogP contribution in [-0.4, -0.2) is 22.6 Å². The van der Waals surface area contributed by atoms with E-state index in [-0.39, 0.29) is 28.3 Å². The molecule has 0 aromatic heterocycles. The molecule has 30 heavy (non-hydrogen) atoms. The standard InChI is InChI=1S/C21H18ClF2NO4S/c1-28-20-9-7-15(12-21(20)29-2)30(26,27)25-19-8-6-14(22)10-13(19)11-16-17(23)4-3-5-18(16)24/h3-10,12,25H,11H2,1-2H3. The third-order valence-corrected chi connectivity index (χ3v) is 6.00. The summed E-state index contributed by atoms with van der Waals surface area (Å²) in [5.74, 6) is -0.851. The molecule has 3 rings (SSSR count). The summed E-state index contributed by atoms with van der Waals surface area (Å²) in [5, 5.41) is 0.302. The van der Waals surface area contributed by atoms with Gasteiger partial charge in [-0.3, -0.25) is 4.72 Å². The van der Waals surface area contributed by atoms with E-state index in [1.807, 2.05) is 0 Å². The van der Waals surface area contributed by atoms with Gasteiger partial charge in [0.2, 0.25) is 0 Å². The van der Waals surface area contributed by atoms with Crippen molar-refractivity contribution >= 4 is 27.3 Å². The first-order valence-electron chi connectivity index (χ1n) is 8.71. The molecule has 0 radical (unpaired) electrons. The van der Waals surface area contributed by atoms with Crippen molar-refractivity contribution in [2.24, 2.45) is 0 Å². The smallest absolute Gasteiger partial charge is 0.262 e. The van der Waals surface area contributed by atoms with Gasteiger partial charge in [-0.05, 0) is 48.0 Å². The Kier molecular flexibility index (Phi) is 6.48. The van der Waals surface area contributed by atoms with Crippen molar-refractivity contribution in [1.82, 2.24) is 0 Å². The zero-order valence-electron chi connectivity index (χ0n) is 16.1. The number of ether oxygens (including phenoxy) is 2. The Morgan fingerprint density at radius 2 is 1.60 bits per heavy atom. The quantitative estimate of drug-likeness (QED) is 0.545. The van der Waals surface area contributed by atoms with E-state index in [0.717, 1.165) is 12.1 Å². The average molecular weight is 454 g/mol. The third kappa shape index (κ3) is 4.66. The molecule has 0 spiro atoms. The Labute approximate surface area is 178 Å². The summed E-state index contributed by atoms with van der Waals surface area (Å²) in [6.45, 7) is 0. The van der Waals surface area contributed by atoms with Crippen molar-refractivity contribution in [1.29, 1.82) is 0 Å². The van der Waals surface area contributed by atoms with E-state index in [0.29, 0.717) is 16.3 Å². The molecular weight excluding hydrogens is 436 g/mol. The molecule has 0 aliphatic carbocycles. The van der Waals surface area contributed by atoms with E-state index in [1.54, 1.807) is 0 Å². The summed E-state index contributed by atoms with van der Waals surface area (Å²) < 4.78 is 66.7. The van der Waals surface area contributed by atoms with Gasteiger partial charge in [-0.1, -0.05) is 17.7 Å². The predicted octanol–water partition coefficient (Wildman–Crippen LogP) is 5.03. The number of rotatable bonds is 7. The third-order valence-electron chi connectivity index (χ3n) is 4.41. The van der Waals surface area contributed by atoms with Crippen LogP contribution < -0.4 is 14.2 Å². The maximum Gasteiger partial charge on any atom is 0.262 e. The fraction of sp³-hybridized carbons (Fsp3) is 0.143. The summed E-state index contributed by atoms with van der Waals surface area (Å²) >= 11 is 6.03. The lowest BCUT2D eigenvalue weighted by Gasteiger charge is -2.15. The Morgan fingerprint density at radius 3 is 2.23 bits per heavy atom. The number of halogens is 3. The highest BCUT2D eigenvalue weighted by Gasteiger charge is 2.20. The Morgan fingerprint density at radius 1 is 0.933 bits per heavy atom. The van der Waals surface area contributed by atoms with Crippen LogP contribution in [0.4, 0.5) is 14.5 Å². The normalized spacial score (nSPS) is 11.2.